The number of hydrogen-bond donors (Lipinski definition) is 8. The zero-order valence-electron chi connectivity index (χ0n) is 17.4. The first-order chi connectivity index (χ1) is 14.2. The molecule has 0 saturated carbocycles. The van der Waals surface area contributed by atoms with E-state index in [0.717, 1.165) is 0 Å². The predicted molar refractivity (Wildman–Crippen MR) is 117 cm³/mol. The highest BCUT2D eigenvalue weighted by Gasteiger charge is 2.28. The number of amides is 3. The fourth-order valence-corrected chi connectivity index (χ4v) is 2.70. The van der Waals surface area contributed by atoms with Crippen LogP contribution in [-0.2, 0) is 19.2 Å². The van der Waals surface area contributed by atoms with Crippen LogP contribution in [0, 0.1) is 0 Å². The maximum absolute atomic E-state index is 12.8. The molecule has 0 rings (SSSR count). The average molecular weight is 449 g/mol. The molecule has 0 aliphatic heterocycles. The molecule has 0 radical (unpaired) electrons. The van der Waals surface area contributed by atoms with Gasteiger partial charge in [0.1, 0.15) is 18.1 Å². The van der Waals surface area contributed by atoms with Crippen molar-refractivity contribution in [1.29, 1.82) is 0 Å². The summed E-state index contributed by atoms with van der Waals surface area (Å²) in [6.07, 6.45) is 3.05. The van der Waals surface area contributed by atoms with Gasteiger partial charge < -0.3 is 38.3 Å². The Balaban J connectivity index is 5.26. The summed E-state index contributed by atoms with van der Waals surface area (Å²) in [5, 5.41) is 16.6. The van der Waals surface area contributed by atoms with Crippen molar-refractivity contribution < 1.29 is 24.3 Å². The van der Waals surface area contributed by atoms with Gasteiger partial charge in [0, 0.05) is 5.75 Å². The van der Waals surface area contributed by atoms with Gasteiger partial charge in [-0.05, 0) is 58.5 Å². The molecule has 0 heterocycles. The first-order valence-electron chi connectivity index (χ1n) is 10.1. The highest BCUT2D eigenvalue weighted by molar-refractivity contribution is 7.80. The molecule has 30 heavy (non-hydrogen) atoms. The topological polar surface area (TPSA) is 203 Å². The average Bonchev–Trinajstić information content (AvgIpc) is 2.71. The van der Waals surface area contributed by atoms with E-state index in [1.807, 2.05) is 0 Å². The Bertz CT molecular complexity index is 565. The third-order valence-electron chi connectivity index (χ3n) is 4.42. The van der Waals surface area contributed by atoms with E-state index in [-0.39, 0.29) is 12.2 Å². The summed E-state index contributed by atoms with van der Waals surface area (Å²) in [5.41, 5.74) is 16.6. The minimum absolute atomic E-state index is 0.111. The fourth-order valence-electron chi connectivity index (χ4n) is 2.53. The SMILES string of the molecule is CC(NC(=O)C(CCCCN)NC(=O)C(CCCCN)NC(=O)C(N)CS)C(=O)O. The zero-order valence-corrected chi connectivity index (χ0v) is 18.3. The molecule has 0 aliphatic carbocycles. The van der Waals surface area contributed by atoms with E-state index >= 15 is 0 Å². The summed E-state index contributed by atoms with van der Waals surface area (Å²) in [6.45, 7) is 2.19. The summed E-state index contributed by atoms with van der Waals surface area (Å²) in [5.74, 6) is -2.78. The standard InChI is InChI=1S/C18H36N6O5S/c1-11(18(28)29)22-16(26)13(6-2-4-8-19)24-17(27)14(7-3-5-9-20)23-15(25)12(21)10-30/h11-14,30H,2-10,19-21H2,1H3,(H,22,26)(H,23,25)(H,24,27)(H,28,29). The van der Waals surface area contributed by atoms with Crippen molar-refractivity contribution >= 4 is 36.3 Å². The Morgan fingerprint density at radius 1 is 0.833 bits per heavy atom. The normalized spacial score (nSPS) is 14.8. The molecule has 4 unspecified atom stereocenters. The van der Waals surface area contributed by atoms with Gasteiger partial charge in [0.05, 0.1) is 6.04 Å². The molecule has 0 spiro atoms. The van der Waals surface area contributed by atoms with Gasteiger partial charge in [-0.3, -0.25) is 19.2 Å². The highest BCUT2D eigenvalue weighted by Crippen LogP contribution is 2.06. The third kappa shape index (κ3) is 11.3. The van der Waals surface area contributed by atoms with Crippen molar-refractivity contribution in [2.75, 3.05) is 18.8 Å². The smallest absolute Gasteiger partial charge is 0.325 e. The molecule has 3 amide bonds. The van der Waals surface area contributed by atoms with Crippen molar-refractivity contribution in [3.05, 3.63) is 0 Å². The largest absolute Gasteiger partial charge is 0.480 e. The number of unbranched alkanes of at least 4 members (excludes halogenated alkanes) is 2. The Labute approximate surface area is 182 Å². The number of carboxylic acid groups (broad SMARTS) is 1. The van der Waals surface area contributed by atoms with Gasteiger partial charge in [-0.15, -0.1) is 0 Å². The number of carbonyl (C=O) groups is 4. The molecule has 0 bridgehead atoms. The van der Waals surface area contributed by atoms with E-state index < -0.39 is 47.9 Å². The molecule has 174 valence electrons. The van der Waals surface area contributed by atoms with Gasteiger partial charge in [-0.25, -0.2) is 0 Å². The Morgan fingerprint density at radius 3 is 1.67 bits per heavy atom. The minimum atomic E-state index is -1.19. The number of nitrogens with one attached hydrogen (secondary N) is 3. The Hall–Kier alpha value is -1.89. The first-order valence-corrected chi connectivity index (χ1v) is 10.7. The number of rotatable bonds is 16. The van der Waals surface area contributed by atoms with Crippen molar-refractivity contribution in [3.8, 4) is 0 Å². The maximum Gasteiger partial charge on any atom is 0.325 e. The Morgan fingerprint density at radius 2 is 1.27 bits per heavy atom. The molecular weight excluding hydrogens is 412 g/mol. The zero-order chi connectivity index (χ0) is 23.1. The number of thiol groups is 1. The van der Waals surface area contributed by atoms with Gasteiger partial charge in [0.2, 0.25) is 17.7 Å². The number of nitrogens with two attached hydrogens (primary N) is 3. The van der Waals surface area contributed by atoms with Gasteiger partial charge in [0.25, 0.3) is 0 Å². The first kappa shape index (κ1) is 28.1. The van der Waals surface area contributed by atoms with Crippen LogP contribution in [0.25, 0.3) is 0 Å². The number of carboxylic acids is 1. The molecule has 10 N–H and O–H groups in total. The van der Waals surface area contributed by atoms with Gasteiger partial charge in [-0.1, -0.05) is 0 Å². The Kier molecular flexibility index (Phi) is 14.9. The predicted octanol–water partition coefficient (Wildman–Crippen LogP) is -1.94. The molecular formula is C18H36N6O5S. The molecule has 0 fully saturated rings. The second-order valence-corrected chi connectivity index (χ2v) is 7.41. The molecule has 0 saturated heterocycles. The van der Waals surface area contributed by atoms with E-state index in [2.05, 4.69) is 28.6 Å². The fraction of sp³-hybridized carbons (Fsp3) is 0.778. The van der Waals surface area contributed by atoms with Crippen LogP contribution in [0.4, 0.5) is 0 Å². The quantitative estimate of drug-likeness (QED) is 0.0983. The molecule has 0 aliphatic rings. The monoisotopic (exact) mass is 448 g/mol. The molecule has 11 nitrogen and oxygen atoms in total. The lowest BCUT2D eigenvalue weighted by molar-refractivity contribution is -0.141. The summed E-state index contributed by atoms with van der Waals surface area (Å²) in [7, 11) is 0. The summed E-state index contributed by atoms with van der Waals surface area (Å²) >= 11 is 3.98. The summed E-state index contributed by atoms with van der Waals surface area (Å²) in [4.78, 5) is 48.4. The number of hydrogen-bond acceptors (Lipinski definition) is 8. The second kappa shape index (κ2) is 15.9. The van der Waals surface area contributed by atoms with Crippen molar-refractivity contribution in [3.63, 3.8) is 0 Å². The maximum atomic E-state index is 12.8. The van der Waals surface area contributed by atoms with E-state index in [9.17, 15) is 19.2 Å². The van der Waals surface area contributed by atoms with Crippen molar-refractivity contribution in [1.82, 2.24) is 16.0 Å². The van der Waals surface area contributed by atoms with Crippen LogP contribution in [0.3, 0.4) is 0 Å². The van der Waals surface area contributed by atoms with E-state index in [4.69, 9.17) is 22.3 Å². The van der Waals surface area contributed by atoms with E-state index in [0.29, 0.717) is 45.2 Å². The van der Waals surface area contributed by atoms with E-state index in [1.54, 1.807) is 0 Å². The molecule has 0 aromatic carbocycles. The lowest BCUT2D eigenvalue weighted by atomic mass is 10.0. The second-order valence-electron chi connectivity index (χ2n) is 7.05. The molecule has 0 aromatic heterocycles. The van der Waals surface area contributed by atoms with Crippen LogP contribution < -0.4 is 33.2 Å². The van der Waals surface area contributed by atoms with Crippen LogP contribution in [-0.4, -0.2) is 71.8 Å². The lowest BCUT2D eigenvalue weighted by Gasteiger charge is -2.24. The minimum Gasteiger partial charge on any atom is -0.480 e. The lowest BCUT2D eigenvalue weighted by Crippen LogP contribution is -2.57. The van der Waals surface area contributed by atoms with Crippen LogP contribution in [0.2, 0.25) is 0 Å². The highest BCUT2D eigenvalue weighted by atomic mass is 32.1. The summed E-state index contributed by atoms with van der Waals surface area (Å²) in [6, 6.07) is -3.85. The van der Waals surface area contributed by atoms with Crippen LogP contribution in [0.5, 0.6) is 0 Å². The van der Waals surface area contributed by atoms with Crippen molar-refractivity contribution in [2.45, 2.75) is 69.6 Å². The van der Waals surface area contributed by atoms with E-state index in [1.165, 1.54) is 6.92 Å². The van der Waals surface area contributed by atoms with Crippen LogP contribution in [0.15, 0.2) is 0 Å². The number of aliphatic carboxylic acids is 1. The van der Waals surface area contributed by atoms with Crippen molar-refractivity contribution in [2.24, 2.45) is 17.2 Å². The van der Waals surface area contributed by atoms with Gasteiger partial charge >= 0.3 is 5.97 Å². The molecule has 0 aromatic rings. The summed E-state index contributed by atoms with van der Waals surface area (Å²) < 4.78 is 0. The van der Waals surface area contributed by atoms with Crippen LogP contribution in [0.1, 0.15) is 45.4 Å². The van der Waals surface area contributed by atoms with Crippen LogP contribution >= 0.6 is 12.6 Å². The molecule has 4 atom stereocenters. The van der Waals surface area contributed by atoms with Gasteiger partial charge in [0.15, 0.2) is 0 Å². The third-order valence-corrected chi connectivity index (χ3v) is 4.82. The van der Waals surface area contributed by atoms with Gasteiger partial charge in [-0.2, -0.15) is 12.6 Å². The molecule has 12 heteroatoms. The number of carbonyl (C=O) groups excluding carboxylic acids is 3.